The van der Waals surface area contributed by atoms with Crippen LogP contribution in [0.1, 0.15) is 22.0 Å². The van der Waals surface area contributed by atoms with Crippen LogP contribution in [-0.4, -0.2) is 18.0 Å². The van der Waals surface area contributed by atoms with Gasteiger partial charge in [-0.1, -0.05) is 48.6 Å². The van der Waals surface area contributed by atoms with Crippen molar-refractivity contribution in [2.75, 3.05) is 7.11 Å². The lowest BCUT2D eigenvalue weighted by molar-refractivity contribution is 0.0946. The molecule has 21 heavy (non-hydrogen) atoms. The summed E-state index contributed by atoms with van der Waals surface area (Å²) in [6.07, 6.45) is 0. The number of methoxy groups -OCH3 is 1. The topological polar surface area (TPSA) is 64.3 Å². The van der Waals surface area contributed by atoms with Crippen LogP contribution < -0.4 is 15.8 Å². The maximum Gasteiger partial charge on any atom is 0.252 e. The van der Waals surface area contributed by atoms with Gasteiger partial charge in [-0.3, -0.25) is 4.79 Å². The molecule has 3 N–H and O–H groups in total. The van der Waals surface area contributed by atoms with Crippen molar-refractivity contribution in [3.8, 4) is 5.75 Å². The Kier molecular flexibility index (Phi) is 4.90. The Labute approximate surface area is 128 Å². The van der Waals surface area contributed by atoms with Crippen LogP contribution in [0, 0.1) is 0 Å². The molecule has 0 heterocycles. The summed E-state index contributed by atoms with van der Waals surface area (Å²) in [4.78, 5) is 12.5. The van der Waals surface area contributed by atoms with Crippen LogP contribution in [0.3, 0.4) is 0 Å². The van der Waals surface area contributed by atoms with Gasteiger partial charge < -0.3 is 15.8 Å². The Morgan fingerprint density at radius 2 is 1.90 bits per heavy atom. The van der Waals surface area contributed by atoms with Crippen LogP contribution in [0.4, 0.5) is 0 Å². The summed E-state index contributed by atoms with van der Waals surface area (Å²) in [5.41, 5.74) is 7.08. The van der Waals surface area contributed by atoms with Gasteiger partial charge in [-0.2, -0.15) is 0 Å². The maximum absolute atomic E-state index is 12.3. The van der Waals surface area contributed by atoms with Gasteiger partial charge in [-0.25, -0.2) is 0 Å². The Bertz CT molecular complexity index is 644. The highest BCUT2D eigenvalue weighted by Gasteiger charge is 2.18. The number of benzene rings is 2. The van der Waals surface area contributed by atoms with Gasteiger partial charge in [-0.15, -0.1) is 0 Å². The predicted molar refractivity (Wildman–Crippen MR) is 86.4 cm³/mol. The van der Waals surface area contributed by atoms with E-state index in [4.69, 9.17) is 22.7 Å². The lowest BCUT2D eigenvalue weighted by Crippen LogP contribution is -2.36. The highest BCUT2D eigenvalue weighted by molar-refractivity contribution is 7.80. The second kappa shape index (κ2) is 6.85. The molecule has 4 nitrogen and oxygen atoms in total. The largest absolute Gasteiger partial charge is 0.497 e. The Morgan fingerprint density at radius 3 is 2.52 bits per heavy atom. The third kappa shape index (κ3) is 3.79. The van der Waals surface area contributed by atoms with Crippen molar-refractivity contribution in [1.29, 1.82) is 0 Å². The molecule has 0 spiro atoms. The number of thiocarbonyl (C=S) groups is 1. The van der Waals surface area contributed by atoms with Crippen molar-refractivity contribution < 1.29 is 9.53 Å². The van der Waals surface area contributed by atoms with E-state index in [1.54, 1.807) is 31.4 Å². The maximum atomic E-state index is 12.3. The summed E-state index contributed by atoms with van der Waals surface area (Å²) in [6.45, 7) is 0. The number of rotatable bonds is 5. The van der Waals surface area contributed by atoms with Crippen molar-refractivity contribution in [1.82, 2.24) is 5.32 Å². The monoisotopic (exact) mass is 300 g/mol. The summed E-state index contributed by atoms with van der Waals surface area (Å²) in [5, 5.41) is 2.84. The molecule has 0 aromatic heterocycles. The number of hydrogen-bond donors (Lipinski definition) is 2. The van der Waals surface area contributed by atoms with Gasteiger partial charge in [-0.05, 0) is 23.8 Å². The molecular formula is C16H16N2O2S. The summed E-state index contributed by atoms with van der Waals surface area (Å²) in [7, 11) is 1.55. The summed E-state index contributed by atoms with van der Waals surface area (Å²) in [5.74, 6) is 0.366. The first-order chi connectivity index (χ1) is 10.1. The van der Waals surface area contributed by atoms with Crippen LogP contribution in [0.5, 0.6) is 5.75 Å². The molecular weight excluding hydrogens is 284 g/mol. The van der Waals surface area contributed by atoms with Gasteiger partial charge >= 0.3 is 0 Å². The molecule has 1 atom stereocenters. The molecule has 108 valence electrons. The second-order valence-electron chi connectivity index (χ2n) is 4.45. The SMILES string of the molecule is COc1cccc(C(=O)NC(C(N)=S)c2ccccc2)c1. The molecule has 0 fully saturated rings. The molecule has 1 amide bonds. The third-order valence-corrected chi connectivity index (χ3v) is 3.26. The van der Waals surface area contributed by atoms with E-state index in [2.05, 4.69) is 5.32 Å². The van der Waals surface area contributed by atoms with Gasteiger partial charge in [0.25, 0.3) is 5.91 Å². The fraction of sp³-hybridized carbons (Fsp3) is 0.125. The number of hydrogen-bond acceptors (Lipinski definition) is 3. The molecule has 0 saturated heterocycles. The van der Waals surface area contributed by atoms with E-state index in [0.717, 1.165) is 5.56 Å². The first kappa shape index (κ1) is 15.0. The minimum absolute atomic E-state index is 0.220. The van der Waals surface area contributed by atoms with Crippen LogP contribution >= 0.6 is 12.2 Å². The van der Waals surface area contributed by atoms with E-state index in [-0.39, 0.29) is 10.9 Å². The van der Waals surface area contributed by atoms with E-state index in [9.17, 15) is 4.79 Å². The fourth-order valence-electron chi connectivity index (χ4n) is 1.94. The van der Waals surface area contributed by atoms with Crippen molar-refractivity contribution in [3.05, 3.63) is 65.7 Å². The molecule has 0 aliphatic rings. The number of nitrogens with one attached hydrogen (secondary N) is 1. The number of amides is 1. The predicted octanol–water partition coefficient (Wildman–Crippen LogP) is 2.45. The summed E-state index contributed by atoms with van der Waals surface area (Å²) < 4.78 is 5.11. The van der Waals surface area contributed by atoms with E-state index < -0.39 is 6.04 Å². The van der Waals surface area contributed by atoms with Crippen molar-refractivity contribution in [2.24, 2.45) is 5.73 Å². The second-order valence-corrected chi connectivity index (χ2v) is 4.92. The van der Waals surface area contributed by atoms with E-state index >= 15 is 0 Å². The normalized spacial score (nSPS) is 11.5. The standard InChI is InChI=1S/C16H16N2O2S/c1-20-13-9-5-8-12(10-13)16(19)18-14(15(17)21)11-6-3-2-4-7-11/h2-10,14H,1H3,(H2,17,21)(H,18,19). The number of carbonyl (C=O) groups excluding carboxylic acids is 1. The Morgan fingerprint density at radius 1 is 1.19 bits per heavy atom. The van der Waals surface area contributed by atoms with Gasteiger partial charge in [0.2, 0.25) is 0 Å². The summed E-state index contributed by atoms with van der Waals surface area (Å²) >= 11 is 5.05. The van der Waals surface area contributed by atoms with E-state index in [1.165, 1.54) is 0 Å². The average Bonchev–Trinajstić information content (AvgIpc) is 2.53. The van der Waals surface area contributed by atoms with Crippen LogP contribution in [0.15, 0.2) is 54.6 Å². The van der Waals surface area contributed by atoms with Crippen LogP contribution in [-0.2, 0) is 0 Å². The molecule has 2 aromatic rings. The number of ether oxygens (including phenoxy) is 1. The zero-order valence-electron chi connectivity index (χ0n) is 11.6. The molecule has 5 heteroatoms. The Balaban J connectivity index is 2.21. The molecule has 2 aromatic carbocycles. The molecule has 0 radical (unpaired) electrons. The van der Waals surface area contributed by atoms with Gasteiger partial charge in [0, 0.05) is 5.56 Å². The van der Waals surface area contributed by atoms with Crippen molar-refractivity contribution in [2.45, 2.75) is 6.04 Å². The lowest BCUT2D eigenvalue weighted by Gasteiger charge is -2.18. The minimum atomic E-state index is -0.500. The van der Waals surface area contributed by atoms with Crippen LogP contribution in [0.2, 0.25) is 0 Å². The first-order valence-electron chi connectivity index (χ1n) is 6.41. The molecule has 0 aliphatic heterocycles. The van der Waals surface area contributed by atoms with Crippen molar-refractivity contribution >= 4 is 23.1 Å². The minimum Gasteiger partial charge on any atom is -0.497 e. The molecule has 1 unspecified atom stereocenters. The van der Waals surface area contributed by atoms with Crippen molar-refractivity contribution in [3.63, 3.8) is 0 Å². The zero-order valence-corrected chi connectivity index (χ0v) is 12.4. The molecule has 0 saturated carbocycles. The number of nitrogens with two attached hydrogens (primary N) is 1. The van der Waals surface area contributed by atoms with Gasteiger partial charge in [0.05, 0.1) is 7.11 Å². The van der Waals surface area contributed by atoms with Crippen LogP contribution in [0.25, 0.3) is 0 Å². The summed E-state index contributed by atoms with van der Waals surface area (Å²) in [6, 6.07) is 15.8. The highest BCUT2D eigenvalue weighted by Crippen LogP contribution is 2.16. The zero-order chi connectivity index (χ0) is 15.2. The number of carbonyl (C=O) groups is 1. The average molecular weight is 300 g/mol. The lowest BCUT2D eigenvalue weighted by atomic mass is 10.1. The smallest absolute Gasteiger partial charge is 0.252 e. The highest BCUT2D eigenvalue weighted by atomic mass is 32.1. The quantitative estimate of drug-likeness (QED) is 0.833. The van der Waals surface area contributed by atoms with E-state index in [0.29, 0.717) is 11.3 Å². The van der Waals surface area contributed by atoms with E-state index in [1.807, 2.05) is 30.3 Å². The molecule has 0 bridgehead atoms. The molecule has 0 aliphatic carbocycles. The third-order valence-electron chi connectivity index (χ3n) is 3.02. The first-order valence-corrected chi connectivity index (χ1v) is 6.82. The van der Waals surface area contributed by atoms with Gasteiger partial charge in [0.15, 0.2) is 0 Å². The molecule has 2 rings (SSSR count). The fourth-order valence-corrected chi connectivity index (χ4v) is 2.14. The van der Waals surface area contributed by atoms with Gasteiger partial charge in [0.1, 0.15) is 16.8 Å². The Hall–Kier alpha value is -2.40.